The minimum atomic E-state index is -0.917. The van der Waals surface area contributed by atoms with Crippen LogP contribution in [0.1, 0.15) is 53.2 Å². The first-order valence-electron chi connectivity index (χ1n) is 12.5. The minimum Gasteiger partial charge on any atom is -0.396 e. The van der Waals surface area contributed by atoms with E-state index in [0.29, 0.717) is 17.8 Å². The molecule has 190 valence electrons. The zero-order valence-electron chi connectivity index (χ0n) is 20.8. The van der Waals surface area contributed by atoms with Crippen molar-refractivity contribution in [1.82, 2.24) is 19.8 Å². The topological polar surface area (TPSA) is 105 Å². The van der Waals surface area contributed by atoms with Crippen LogP contribution in [0, 0.1) is 11.8 Å². The van der Waals surface area contributed by atoms with Gasteiger partial charge in [-0.2, -0.15) is 0 Å². The molecule has 37 heavy (non-hydrogen) atoms. The summed E-state index contributed by atoms with van der Waals surface area (Å²) >= 11 is 0. The van der Waals surface area contributed by atoms with Gasteiger partial charge in [-0.05, 0) is 43.7 Å². The molecule has 5 rings (SSSR count). The fourth-order valence-electron chi connectivity index (χ4n) is 5.78. The van der Waals surface area contributed by atoms with Crippen LogP contribution < -0.4 is 10.9 Å². The number of carbonyl (C=O) groups excluding carboxylic acids is 2. The highest BCUT2D eigenvalue weighted by Gasteiger charge is 2.57. The molecule has 0 aliphatic carbocycles. The van der Waals surface area contributed by atoms with Gasteiger partial charge in [0.15, 0.2) is 0 Å². The number of amides is 2. The quantitative estimate of drug-likeness (QED) is 0.544. The second-order valence-corrected chi connectivity index (χ2v) is 9.60. The number of aromatic nitrogens is 2. The van der Waals surface area contributed by atoms with Crippen LogP contribution in [-0.4, -0.2) is 44.0 Å². The first-order valence-corrected chi connectivity index (χ1v) is 12.5. The van der Waals surface area contributed by atoms with Crippen molar-refractivity contribution in [2.75, 3.05) is 6.61 Å². The van der Waals surface area contributed by atoms with E-state index >= 15 is 0 Å². The van der Waals surface area contributed by atoms with Gasteiger partial charge in [-0.3, -0.25) is 19.4 Å². The van der Waals surface area contributed by atoms with Gasteiger partial charge in [0.05, 0.1) is 12.1 Å². The molecule has 0 radical (unpaired) electrons. The number of likely N-dealkylation sites (tertiary alicyclic amines) is 1. The zero-order chi connectivity index (χ0) is 26.1. The van der Waals surface area contributed by atoms with E-state index in [0.717, 1.165) is 5.56 Å². The first kappa shape index (κ1) is 24.6. The lowest BCUT2D eigenvalue weighted by Crippen LogP contribution is -2.51. The SMILES string of the molecule is C/C=C\c1ccc2n(c1=O)C[C@@H]1[C@@H](CO)[C@H](C(=O)N[C@@H](C)c3ccccc3)N(C(=O)c3ccccn3)[C@H]21. The van der Waals surface area contributed by atoms with Crippen LogP contribution in [-0.2, 0) is 11.3 Å². The summed E-state index contributed by atoms with van der Waals surface area (Å²) in [6, 6.07) is 16.5. The lowest BCUT2D eigenvalue weighted by Gasteiger charge is -2.31. The Morgan fingerprint density at radius 1 is 1.14 bits per heavy atom. The molecule has 8 heteroatoms. The standard InChI is InChI=1S/C29H30N4O4/c1-3-9-20-13-14-24-25-21(16-32(24)28(20)36)22(17-34)26(33(25)29(37)23-12-7-8-15-30-23)27(35)31-18(2)19-10-5-4-6-11-19/h3-15,18,21-22,25-26,34H,16-17H2,1-2H3,(H,31,35)/b9-3-/t18-,21+,22+,25-,26+/m0/s1. The Morgan fingerprint density at radius 3 is 2.57 bits per heavy atom. The van der Waals surface area contributed by atoms with Crippen molar-refractivity contribution in [1.29, 1.82) is 0 Å². The highest BCUT2D eigenvalue weighted by Crippen LogP contribution is 2.49. The highest BCUT2D eigenvalue weighted by atomic mass is 16.3. The Morgan fingerprint density at radius 2 is 1.89 bits per heavy atom. The lowest BCUT2D eigenvalue weighted by molar-refractivity contribution is -0.127. The second-order valence-electron chi connectivity index (χ2n) is 9.60. The van der Waals surface area contributed by atoms with Crippen LogP contribution in [0.15, 0.2) is 77.7 Å². The van der Waals surface area contributed by atoms with E-state index in [1.54, 1.807) is 41.0 Å². The number of rotatable bonds is 6. The normalized spacial score (nSPS) is 23.1. The van der Waals surface area contributed by atoms with Crippen LogP contribution in [0.3, 0.4) is 0 Å². The number of aliphatic hydroxyl groups is 1. The van der Waals surface area contributed by atoms with E-state index in [9.17, 15) is 19.5 Å². The Hall–Kier alpha value is -4.04. The molecule has 2 amide bonds. The van der Waals surface area contributed by atoms with Crippen LogP contribution in [0.5, 0.6) is 0 Å². The summed E-state index contributed by atoms with van der Waals surface area (Å²) in [5, 5.41) is 13.6. The smallest absolute Gasteiger partial charge is 0.273 e. The molecule has 1 saturated heterocycles. The number of aliphatic hydroxyl groups excluding tert-OH is 1. The number of hydrogen-bond acceptors (Lipinski definition) is 5. The van der Waals surface area contributed by atoms with Crippen molar-refractivity contribution in [3.63, 3.8) is 0 Å². The van der Waals surface area contributed by atoms with E-state index in [-0.39, 0.29) is 35.7 Å². The first-order chi connectivity index (χ1) is 18.0. The van der Waals surface area contributed by atoms with E-state index in [1.807, 2.05) is 50.2 Å². The molecular weight excluding hydrogens is 468 g/mol. The van der Waals surface area contributed by atoms with Gasteiger partial charge in [-0.25, -0.2) is 0 Å². The molecule has 1 fully saturated rings. The van der Waals surface area contributed by atoms with Crippen molar-refractivity contribution >= 4 is 17.9 Å². The van der Waals surface area contributed by atoms with Crippen LogP contribution in [0.25, 0.3) is 6.08 Å². The maximum Gasteiger partial charge on any atom is 0.273 e. The van der Waals surface area contributed by atoms with Gasteiger partial charge in [0, 0.05) is 42.4 Å². The molecule has 2 aliphatic heterocycles. The number of hydrogen-bond donors (Lipinski definition) is 2. The third-order valence-corrected chi connectivity index (χ3v) is 7.50. The molecule has 8 nitrogen and oxygen atoms in total. The van der Waals surface area contributed by atoms with E-state index in [1.165, 1.54) is 11.1 Å². The summed E-state index contributed by atoms with van der Waals surface area (Å²) in [6.07, 6.45) is 5.10. The number of benzene rings is 1. The maximum absolute atomic E-state index is 13.9. The van der Waals surface area contributed by atoms with E-state index < -0.39 is 23.9 Å². The van der Waals surface area contributed by atoms with Gasteiger partial charge >= 0.3 is 0 Å². The Bertz CT molecular complexity index is 1390. The molecule has 0 saturated carbocycles. The lowest BCUT2D eigenvalue weighted by atomic mass is 9.88. The average Bonchev–Trinajstić information content (AvgIpc) is 3.46. The molecule has 0 bridgehead atoms. The summed E-state index contributed by atoms with van der Waals surface area (Å²) in [5.74, 6) is -1.59. The summed E-state index contributed by atoms with van der Waals surface area (Å²) < 4.78 is 1.67. The number of nitrogens with zero attached hydrogens (tertiary/aromatic N) is 3. The average molecular weight is 499 g/mol. The summed E-state index contributed by atoms with van der Waals surface area (Å²) in [4.78, 5) is 46.6. The van der Waals surface area contributed by atoms with Crippen molar-refractivity contribution in [2.24, 2.45) is 11.8 Å². The minimum absolute atomic E-state index is 0.148. The van der Waals surface area contributed by atoms with Crippen LogP contribution >= 0.6 is 0 Å². The number of nitrogens with one attached hydrogen (secondary N) is 1. The van der Waals surface area contributed by atoms with Crippen molar-refractivity contribution < 1.29 is 14.7 Å². The molecular formula is C29H30N4O4. The summed E-state index contributed by atoms with van der Waals surface area (Å²) in [6.45, 7) is 3.76. The molecule has 2 aliphatic rings. The number of pyridine rings is 2. The highest BCUT2D eigenvalue weighted by molar-refractivity contribution is 5.97. The van der Waals surface area contributed by atoms with Gasteiger partial charge in [0.2, 0.25) is 5.91 Å². The third kappa shape index (κ3) is 4.27. The van der Waals surface area contributed by atoms with Gasteiger partial charge in [-0.1, -0.05) is 48.6 Å². The summed E-state index contributed by atoms with van der Waals surface area (Å²) in [7, 11) is 0. The Kier molecular flexibility index (Phi) is 6.76. The van der Waals surface area contributed by atoms with Gasteiger partial charge in [-0.15, -0.1) is 0 Å². The largest absolute Gasteiger partial charge is 0.396 e. The van der Waals surface area contributed by atoms with Gasteiger partial charge in [0.25, 0.3) is 11.5 Å². The Labute approximate surface area is 215 Å². The molecule has 2 N–H and O–H groups in total. The molecule has 1 aromatic carbocycles. The van der Waals surface area contributed by atoms with Crippen molar-refractivity contribution in [3.8, 4) is 0 Å². The molecule has 4 heterocycles. The fourth-order valence-corrected chi connectivity index (χ4v) is 5.78. The predicted octanol–water partition coefficient (Wildman–Crippen LogP) is 2.96. The molecule has 2 aromatic heterocycles. The van der Waals surface area contributed by atoms with Crippen LogP contribution in [0.2, 0.25) is 0 Å². The molecule has 5 atom stereocenters. The van der Waals surface area contributed by atoms with E-state index in [2.05, 4.69) is 10.3 Å². The van der Waals surface area contributed by atoms with Gasteiger partial charge in [0.1, 0.15) is 11.7 Å². The number of carbonyl (C=O) groups is 2. The number of fused-ring (bicyclic) bond motifs is 3. The van der Waals surface area contributed by atoms with E-state index in [4.69, 9.17) is 0 Å². The number of allylic oxidation sites excluding steroid dienone is 1. The second kappa shape index (κ2) is 10.1. The van der Waals surface area contributed by atoms with Crippen molar-refractivity contribution in [2.45, 2.75) is 38.5 Å². The predicted molar refractivity (Wildman–Crippen MR) is 139 cm³/mol. The Balaban J connectivity index is 1.57. The zero-order valence-corrected chi connectivity index (χ0v) is 20.8. The monoisotopic (exact) mass is 498 g/mol. The molecule has 3 aromatic rings. The molecule has 0 spiro atoms. The van der Waals surface area contributed by atoms with Crippen molar-refractivity contribution in [3.05, 3.63) is 106 Å². The molecule has 0 unspecified atom stereocenters. The summed E-state index contributed by atoms with van der Waals surface area (Å²) in [5.41, 5.74) is 2.22. The fraction of sp³-hybridized carbons (Fsp3) is 0.310. The van der Waals surface area contributed by atoms with Gasteiger partial charge < -0.3 is 19.9 Å². The van der Waals surface area contributed by atoms with Crippen LogP contribution in [0.4, 0.5) is 0 Å². The third-order valence-electron chi connectivity index (χ3n) is 7.50. The maximum atomic E-state index is 13.9.